The van der Waals surface area contributed by atoms with Crippen LogP contribution < -0.4 is 0 Å². The molecule has 102 valence electrons. The Bertz CT molecular complexity index is 562. The van der Waals surface area contributed by atoms with E-state index in [1.54, 1.807) is 0 Å². The first-order valence-corrected chi connectivity index (χ1v) is 7.28. The van der Waals surface area contributed by atoms with E-state index in [9.17, 15) is 0 Å². The van der Waals surface area contributed by atoms with E-state index in [1.165, 1.54) is 16.7 Å². The number of hydrogen-bond donors (Lipinski definition) is 0. The summed E-state index contributed by atoms with van der Waals surface area (Å²) in [5.41, 5.74) is 4.07. The van der Waals surface area contributed by atoms with Crippen LogP contribution in [0.3, 0.4) is 0 Å². The lowest BCUT2D eigenvalue weighted by Crippen LogP contribution is -2.19. The van der Waals surface area contributed by atoms with Crippen LogP contribution in [0.2, 0.25) is 0 Å². The fourth-order valence-electron chi connectivity index (χ4n) is 3.35. The highest BCUT2D eigenvalue weighted by Gasteiger charge is 2.45. The van der Waals surface area contributed by atoms with Crippen molar-refractivity contribution in [3.8, 4) is 0 Å². The van der Waals surface area contributed by atoms with Crippen LogP contribution in [0.4, 0.5) is 0 Å². The third-order valence-electron chi connectivity index (χ3n) is 4.34. The van der Waals surface area contributed by atoms with E-state index in [0.29, 0.717) is 25.2 Å². The topological polar surface area (TPSA) is 18.5 Å². The molecule has 3 atom stereocenters. The van der Waals surface area contributed by atoms with Crippen LogP contribution in [-0.2, 0) is 16.1 Å². The zero-order valence-corrected chi connectivity index (χ0v) is 11.4. The summed E-state index contributed by atoms with van der Waals surface area (Å²) >= 11 is 0. The van der Waals surface area contributed by atoms with E-state index in [4.69, 9.17) is 9.47 Å². The molecule has 0 N–H and O–H groups in total. The van der Waals surface area contributed by atoms with Crippen LogP contribution in [0.15, 0.2) is 54.6 Å². The lowest BCUT2D eigenvalue weighted by atomic mass is 9.74. The average molecular weight is 266 g/mol. The smallest absolute Gasteiger partial charge is 0.0902 e. The molecule has 1 heterocycles. The summed E-state index contributed by atoms with van der Waals surface area (Å²) in [6.07, 6.45) is 1.65. The lowest BCUT2D eigenvalue weighted by molar-refractivity contribution is -0.0264. The summed E-state index contributed by atoms with van der Waals surface area (Å²) in [6, 6.07) is 18.9. The standard InChI is InChI=1S/C18H18O2/c1-2-6-13(7-3-1)11-19-12-14-10-17-15-8-4-5-9-16(15)18(17)20-14/h1-9,14,17-18H,10-12H2/t14-,17+,18-/m0/s1. The molecule has 2 aromatic rings. The van der Waals surface area contributed by atoms with E-state index in [-0.39, 0.29) is 6.10 Å². The minimum absolute atomic E-state index is 0.237. The van der Waals surface area contributed by atoms with Crippen molar-refractivity contribution in [2.75, 3.05) is 6.61 Å². The molecule has 0 spiro atoms. The van der Waals surface area contributed by atoms with Gasteiger partial charge in [-0.25, -0.2) is 0 Å². The largest absolute Gasteiger partial charge is 0.374 e. The van der Waals surface area contributed by atoms with Crippen molar-refractivity contribution in [2.45, 2.75) is 31.2 Å². The quantitative estimate of drug-likeness (QED) is 0.837. The van der Waals surface area contributed by atoms with Gasteiger partial charge in [-0.05, 0) is 23.1 Å². The number of fused-ring (bicyclic) bond motifs is 4. The van der Waals surface area contributed by atoms with Gasteiger partial charge >= 0.3 is 0 Å². The molecule has 0 amide bonds. The maximum atomic E-state index is 6.10. The molecule has 0 aromatic heterocycles. The van der Waals surface area contributed by atoms with Gasteiger partial charge in [0.15, 0.2) is 0 Å². The van der Waals surface area contributed by atoms with Crippen LogP contribution >= 0.6 is 0 Å². The molecule has 4 rings (SSSR count). The minimum atomic E-state index is 0.237. The highest BCUT2D eigenvalue weighted by Crippen LogP contribution is 2.54. The molecular weight excluding hydrogens is 248 g/mol. The van der Waals surface area contributed by atoms with Gasteiger partial charge in [-0.15, -0.1) is 0 Å². The van der Waals surface area contributed by atoms with Gasteiger partial charge in [-0.3, -0.25) is 0 Å². The molecule has 0 unspecified atom stereocenters. The first kappa shape index (κ1) is 12.1. The van der Waals surface area contributed by atoms with Crippen molar-refractivity contribution in [1.82, 2.24) is 0 Å². The fraction of sp³-hybridized carbons (Fsp3) is 0.333. The summed E-state index contributed by atoms with van der Waals surface area (Å²) in [6.45, 7) is 1.36. The van der Waals surface area contributed by atoms with Crippen LogP contribution in [0.25, 0.3) is 0 Å². The molecule has 20 heavy (non-hydrogen) atoms. The Morgan fingerprint density at radius 3 is 2.55 bits per heavy atom. The van der Waals surface area contributed by atoms with E-state index in [1.807, 2.05) is 18.2 Å². The highest BCUT2D eigenvalue weighted by atomic mass is 16.5. The molecule has 2 aromatic carbocycles. The van der Waals surface area contributed by atoms with Gasteiger partial charge in [0.1, 0.15) is 0 Å². The van der Waals surface area contributed by atoms with Crippen LogP contribution in [0.1, 0.15) is 35.1 Å². The molecule has 1 aliphatic carbocycles. The monoisotopic (exact) mass is 266 g/mol. The number of ether oxygens (including phenoxy) is 2. The van der Waals surface area contributed by atoms with Gasteiger partial charge in [-0.1, -0.05) is 54.6 Å². The van der Waals surface area contributed by atoms with Crippen molar-refractivity contribution >= 4 is 0 Å². The number of benzene rings is 2. The molecule has 1 fully saturated rings. The first-order chi connectivity index (χ1) is 9.92. The summed E-state index contributed by atoms with van der Waals surface area (Å²) in [5, 5.41) is 0. The summed E-state index contributed by atoms with van der Waals surface area (Å²) in [4.78, 5) is 0. The van der Waals surface area contributed by atoms with Gasteiger partial charge in [0.25, 0.3) is 0 Å². The number of hydrogen-bond acceptors (Lipinski definition) is 2. The van der Waals surface area contributed by atoms with Gasteiger partial charge in [0.05, 0.1) is 25.4 Å². The number of rotatable bonds is 4. The SMILES string of the molecule is c1ccc(COC[C@@H]2C[C@@H]3c4ccccc4[C@@H]3O2)cc1. The third kappa shape index (κ3) is 2.05. The van der Waals surface area contributed by atoms with Gasteiger partial charge in [-0.2, -0.15) is 0 Å². The third-order valence-corrected chi connectivity index (χ3v) is 4.34. The Morgan fingerprint density at radius 1 is 0.950 bits per heavy atom. The molecular formula is C18H18O2. The van der Waals surface area contributed by atoms with E-state index >= 15 is 0 Å². The van der Waals surface area contributed by atoms with Crippen LogP contribution in [0.5, 0.6) is 0 Å². The van der Waals surface area contributed by atoms with Crippen LogP contribution in [0, 0.1) is 0 Å². The highest BCUT2D eigenvalue weighted by molar-refractivity contribution is 5.44. The Kier molecular flexibility index (Phi) is 3.06. The van der Waals surface area contributed by atoms with Crippen molar-refractivity contribution in [1.29, 1.82) is 0 Å². The Morgan fingerprint density at radius 2 is 1.70 bits per heavy atom. The summed E-state index contributed by atoms with van der Waals surface area (Å²) < 4.78 is 11.9. The minimum Gasteiger partial charge on any atom is -0.374 e. The van der Waals surface area contributed by atoms with Crippen LogP contribution in [-0.4, -0.2) is 12.7 Å². The Hall–Kier alpha value is -1.64. The predicted octanol–water partition coefficient (Wildman–Crippen LogP) is 3.83. The molecule has 2 aliphatic rings. The molecule has 1 saturated heterocycles. The summed E-state index contributed by atoms with van der Waals surface area (Å²) in [5.74, 6) is 0.594. The van der Waals surface area contributed by atoms with Crippen molar-refractivity contribution in [3.63, 3.8) is 0 Å². The van der Waals surface area contributed by atoms with E-state index in [2.05, 4.69) is 36.4 Å². The second kappa shape index (κ2) is 5.04. The van der Waals surface area contributed by atoms with E-state index in [0.717, 1.165) is 6.42 Å². The molecule has 0 saturated carbocycles. The fourth-order valence-corrected chi connectivity index (χ4v) is 3.35. The van der Waals surface area contributed by atoms with E-state index < -0.39 is 0 Å². The molecule has 0 bridgehead atoms. The predicted molar refractivity (Wildman–Crippen MR) is 77.5 cm³/mol. The second-order valence-electron chi connectivity index (χ2n) is 5.65. The maximum Gasteiger partial charge on any atom is 0.0902 e. The first-order valence-electron chi connectivity index (χ1n) is 7.28. The zero-order chi connectivity index (χ0) is 13.4. The second-order valence-corrected chi connectivity index (χ2v) is 5.65. The van der Waals surface area contributed by atoms with Crippen molar-refractivity contribution < 1.29 is 9.47 Å². The summed E-state index contributed by atoms with van der Waals surface area (Å²) in [7, 11) is 0. The van der Waals surface area contributed by atoms with Gasteiger partial charge < -0.3 is 9.47 Å². The Labute approximate surface area is 119 Å². The molecule has 2 nitrogen and oxygen atoms in total. The molecule has 0 radical (unpaired) electrons. The van der Waals surface area contributed by atoms with Crippen molar-refractivity contribution in [2.24, 2.45) is 0 Å². The molecule has 2 heteroatoms. The van der Waals surface area contributed by atoms with Gasteiger partial charge in [0.2, 0.25) is 0 Å². The average Bonchev–Trinajstić information content (AvgIpc) is 2.86. The molecule has 1 aliphatic heterocycles. The van der Waals surface area contributed by atoms with Gasteiger partial charge in [0, 0.05) is 5.92 Å². The normalized spacial score (nSPS) is 26.7. The lowest BCUT2D eigenvalue weighted by Gasteiger charge is -2.32. The zero-order valence-electron chi connectivity index (χ0n) is 11.4. The Balaban J connectivity index is 1.31. The maximum absolute atomic E-state index is 6.10. The van der Waals surface area contributed by atoms with Crippen molar-refractivity contribution in [3.05, 3.63) is 71.3 Å².